The van der Waals surface area contributed by atoms with Gasteiger partial charge >= 0.3 is 0 Å². The topological polar surface area (TPSA) is 55.2 Å². The van der Waals surface area contributed by atoms with Crippen LogP contribution in [0.1, 0.15) is 21.6 Å². The maximum atomic E-state index is 12.7. The zero-order valence-electron chi connectivity index (χ0n) is 14.3. The minimum absolute atomic E-state index is 0.227. The number of halogens is 1. The molecular weight excluding hydrogens is 350 g/mol. The lowest BCUT2D eigenvalue weighted by molar-refractivity contribution is 0.0776. The van der Waals surface area contributed by atoms with E-state index in [0.29, 0.717) is 18.1 Å². The summed E-state index contributed by atoms with van der Waals surface area (Å²) in [7, 11) is 1.69. The molecule has 2 aromatic carbocycles. The third kappa shape index (κ3) is 4.37. The van der Waals surface area contributed by atoms with Crippen LogP contribution >= 0.6 is 11.6 Å². The highest BCUT2D eigenvalue weighted by molar-refractivity contribution is 6.30. The van der Waals surface area contributed by atoms with E-state index in [-0.39, 0.29) is 17.2 Å². The first-order chi connectivity index (χ1) is 12.5. The van der Waals surface area contributed by atoms with E-state index in [9.17, 15) is 9.59 Å². The smallest absolute Gasteiger partial charge is 0.274 e. The molecule has 0 fully saturated rings. The van der Waals surface area contributed by atoms with Gasteiger partial charge in [-0.25, -0.2) is 4.68 Å². The van der Waals surface area contributed by atoms with E-state index in [1.165, 1.54) is 16.8 Å². The highest BCUT2D eigenvalue weighted by Gasteiger charge is 2.15. The lowest BCUT2D eigenvalue weighted by Crippen LogP contribution is -2.31. The zero-order valence-corrected chi connectivity index (χ0v) is 15.1. The predicted molar refractivity (Wildman–Crippen MR) is 101 cm³/mol. The van der Waals surface area contributed by atoms with Gasteiger partial charge in [-0.3, -0.25) is 9.59 Å². The van der Waals surface area contributed by atoms with Crippen LogP contribution in [0.5, 0.6) is 0 Å². The molecule has 0 saturated carbocycles. The number of hydrogen-bond donors (Lipinski definition) is 0. The van der Waals surface area contributed by atoms with Crippen LogP contribution in [0.2, 0.25) is 5.02 Å². The fraction of sp³-hybridized carbons (Fsp3) is 0.150. The Labute approximate surface area is 156 Å². The lowest BCUT2D eigenvalue weighted by Gasteiger charge is -2.17. The predicted octanol–water partition coefficient (Wildman–Crippen LogP) is 3.22. The van der Waals surface area contributed by atoms with Crippen LogP contribution in [0.3, 0.4) is 0 Å². The summed E-state index contributed by atoms with van der Waals surface area (Å²) in [5.41, 5.74) is 1.85. The number of carbonyl (C=O) groups is 1. The van der Waals surface area contributed by atoms with E-state index in [2.05, 4.69) is 5.10 Å². The Morgan fingerprint density at radius 2 is 1.77 bits per heavy atom. The maximum Gasteiger partial charge on any atom is 0.274 e. The van der Waals surface area contributed by atoms with E-state index in [4.69, 9.17) is 11.6 Å². The molecule has 0 saturated heterocycles. The van der Waals surface area contributed by atoms with Crippen LogP contribution in [0.15, 0.2) is 71.5 Å². The van der Waals surface area contributed by atoms with Crippen molar-refractivity contribution in [3.63, 3.8) is 0 Å². The quantitative estimate of drug-likeness (QED) is 0.695. The van der Waals surface area contributed by atoms with Gasteiger partial charge in [-0.2, -0.15) is 5.10 Å². The van der Waals surface area contributed by atoms with E-state index in [0.717, 1.165) is 11.1 Å². The van der Waals surface area contributed by atoms with E-state index in [1.54, 1.807) is 18.0 Å². The van der Waals surface area contributed by atoms with Crippen LogP contribution in [-0.4, -0.2) is 27.6 Å². The molecule has 0 bridgehead atoms. The summed E-state index contributed by atoms with van der Waals surface area (Å²) in [4.78, 5) is 26.3. The van der Waals surface area contributed by atoms with Gasteiger partial charge < -0.3 is 4.90 Å². The van der Waals surface area contributed by atoms with Crippen molar-refractivity contribution in [1.82, 2.24) is 14.7 Å². The van der Waals surface area contributed by atoms with Gasteiger partial charge in [0.1, 0.15) is 5.69 Å². The fourth-order valence-electron chi connectivity index (χ4n) is 2.61. The summed E-state index contributed by atoms with van der Waals surface area (Å²) >= 11 is 5.99. The Morgan fingerprint density at radius 3 is 2.50 bits per heavy atom. The molecule has 3 aromatic rings. The monoisotopic (exact) mass is 367 g/mol. The van der Waals surface area contributed by atoms with Gasteiger partial charge in [-0.05, 0) is 29.3 Å². The molecule has 1 aromatic heterocycles. The molecule has 1 amide bonds. The van der Waals surface area contributed by atoms with Gasteiger partial charge in [0, 0.05) is 24.7 Å². The number of benzene rings is 2. The van der Waals surface area contributed by atoms with Gasteiger partial charge in [0.05, 0.1) is 6.54 Å². The second-order valence-electron chi connectivity index (χ2n) is 5.99. The van der Waals surface area contributed by atoms with Gasteiger partial charge in [0.25, 0.3) is 11.5 Å². The minimum atomic E-state index is -0.258. The Bertz CT molecular complexity index is 970. The summed E-state index contributed by atoms with van der Waals surface area (Å²) in [6.07, 6.45) is 0. The van der Waals surface area contributed by atoms with Crippen LogP contribution in [-0.2, 0) is 13.1 Å². The molecule has 26 heavy (non-hydrogen) atoms. The van der Waals surface area contributed by atoms with Crippen LogP contribution in [0, 0.1) is 0 Å². The minimum Gasteiger partial charge on any atom is -0.336 e. The Balaban J connectivity index is 1.78. The molecule has 1 heterocycles. The van der Waals surface area contributed by atoms with Gasteiger partial charge in [0.2, 0.25) is 0 Å². The SMILES string of the molecule is CN(Cc1cccc(Cl)c1)C(=O)c1ccc(=O)n(Cc2ccccc2)n1. The number of hydrogen-bond acceptors (Lipinski definition) is 3. The summed E-state index contributed by atoms with van der Waals surface area (Å²) < 4.78 is 1.30. The van der Waals surface area contributed by atoms with Crippen molar-refractivity contribution in [2.75, 3.05) is 7.05 Å². The summed E-state index contributed by atoms with van der Waals surface area (Å²) in [5.74, 6) is -0.258. The molecule has 0 N–H and O–H groups in total. The van der Waals surface area contributed by atoms with E-state index < -0.39 is 0 Å². The van der Waals surface area contributed by atoms with Crippen molar-refractivity contribution in [3.8, 4) is 0 Å². The summed E-state index contributed by atoms with van der Waals surface area (Å²) in [5, 5.41) is 4.86. The van der Waals surface area contributed by atoms with Crippen LogP contribution < -0.4 is 5.56 Å². The molecule has 6 heteroatoms. The average Bonchev–Trinajstić information content (AvgIpc) is 2.64. The third-order valence-corrected chi connectivity index (χ3v) is 4.15. The molecule has 0 unspecified atom stereocenters. The molecule has 0 aliphatic carbocycles. The zero-order chi connectivity index (χ0) is 18.5. The molecule has 0 radical (unpaired) electrons. The van der Waals surface area contributed by atoms with Gasteiger partial charge in [0.15, 0.2) is 0 Å². The molecule has 5 nitrogen and oxygen atoms in total. The first-order valence-corrected chi connectivity index (χ1v) is 8.53. The highest BCUT2D eigenvalue weighted by Crippen LogP contribution is 2.13. The molecule has 3 rings (SSSR count). The van der Waals surface area contributed by atoms with Crippen molar-refractivity contribution in [1.29, 1.82) is 0 Å². The number of carbonyl (C=O) groups excluding carboxylic acids is 1. The van der Waals surface area contributed by atoms with Gasteiger partial charge in [-0.15, -0.1) is 0 Å². The summed E-state index contributed by atoms with van der Waals surface area (Å²) in [6, 6.07) is 19.7. The number of rotatable bonds is 5. The van der Waals surface area contributed by atoms with E-state index >= 15 is 0 Å². The first kappa shape index (κ1) is 17.9. The highest BCUT2D eigenvalue weighted by atomic mass is 35.5. The Kier molecular flexibility index (Phi) is 5.49. The van der Waals surface area contributed by atoms with Crippen molar-refractivity contribution < 1.29 is 4.79 Å². The standard InChI is InChI=1S/C20H18ClN3O2/c1-23(13-16-8-5-9-17(21)12-16)20(26)18-10-11-19(25)24(22-18)14-15-6-3-2-4-7-15/h2-12H,13-14H2,1H3. The van der Waals surface area contributed by atoms with Crippen LogP contribution in [0.25, 0.3) is 0 Å². The third-order valence-electron chi connectivity index (χ3n) is 3.92. The molecule has 0 atom stereocenters. The molecule has 0 spiro atoms. The molecule has 132 valence electrons. The first-order valence-electron chi connectivity index (χ1n) is 8.15. The largest absolute Gasteiger partial charge is 0.336 e. The number of aromatic nitrogens is 2. The second kappa shape index (κ2) is 7.97. The Hall–Kier alpha value is -2.92. The Morgan fingerprint density at radius 1 is 1.04 bits per heavy atom. The average molecular weight is 368 g/mol. The van der Waals surface area contributed by atoms with Crippen molar-refractivity contribution in [2.45, 2.75) is 13.1 Å². The van der Waals surface area contributed by atoms with Crippen molar-refractivity contribution in [2.24, 2.45) is 0 Å². The van der Waals surface area contributed by atoms with Crippen LogP contribution in [0.4, 0.5) is 0 Å². The number of nitrogens with zero attached hydrogens (tertiary/aromatic N) is 3. The molecule has 0 aliphatic rings. The van der Waals surface area contributed by atoms with Gasteiger partial charge in [-0.1, -0.05) is 54.1 Å². The van der Waals surface area contributed by atoms with Crippen molar-refractivity contribution in [3.05, 3.63) is 98.9 Å². The van der Waals surface area contributed by atoms with Crippen molar-refractivity contribution >= 4 is 17.5 Å². The maximum absolute atomic E-state index is 12.7. The lowest BCUT2D eigenvalue weighted by atomic mass is 10.2. The molecule has 0 aliphatic heterocycles. The second-order valence-corrected chi connectivity index (χ2v) is 6.43. The molecular formula is C20H18ClN3O2. The number of amides is 1. The fourth-order valence-corrected chi connectivity index (χ4v) is 2.82. The summed E-state index contributed by atoms with van der Waals surface area (Å²) in [6.45, 7) is 0.720. The van der Waals surface area contributed by atoms with E-state index in [1.807, 2.05) is 48.5 Å². The normalized spacial score (nSPS) is 10.5.